The molecule has 0 saturated carbocycles. The van der Waals surface area contributed by atoms with E-state index in [1.54, 1.807) is 14.1 Å². The normalized spacial score (nSPS) is 10.6. The highest BCUT2D eigenvalue weighted by Crippen LogP contribution is 2.03. The minimum absolute atomic E-state index is 0.0621. The van der Waals surface area contributed by atoms with E-state index in [0.717, 1.165) is 19.3 Å². The van der Waals surface area contributed by atoms with Crippen molar-refractivity contribution in [1.29, 1.82) is 0 Å². The van der Waals surface area contributed by atoms with Gasteiger partial charge < -0.3 is 15.0 Å². The summed E-state index contributed by atoms with van der Waals surface area (Å²) in [6, 6.07) is 0. The zero-order chi connectivity index (χ0) is 15.3. The number of likely N-dealkylation sites (N-methyl/N-ethyl adjacent to an activating group) is 1. The van der Waals surface area contributed by atoms with E-state index < -0.39 is 5.97 Å². The van der Waals surface area contributed by atoms with Gasteiger partial charge in [-0.1, -0.05) is 32.6 Å². The van der Waals surface area contributed by atoms with E-state index in [0.29, 0.717) is 6.54 Å². The molecule has 0 aromatic heterocycles. The van der Waals surface area contributed by atoms with Gasteiger partial charge in [0.2, 0.25) is 0 Å². The Balaban J connectivity index is 0. The van der Waals surface area contributed by atoms with Crippen molar-refractivity contribution in [2.75, 3.05) is 27.2 Å². The Kier molecular flexibility index (Phi) is 13.0. The van der Waals surface area contributed by atoms with Crippen LogP contribution in [0.1, 0.15) is 52.4 Å². The molecule has 0 unspecified atom stereocenters. The molecule has 0 heterocycles. The summed E-state index contributed by atoms with van der Waals surface area (Å²) in [5, 5.41) is 18.4. The second-order valence-corrected chi connectivity index (χ2v) is 5.19. The number of aliphatic carboxylic acids is 1. The molecule has 0 saturated heterocycles. The molecule has 0 rings (SSSR count). The lowest BCUT2D eigenvalue weighted by Gasteiger charge is -2.23. The largest absolute Gasteiger partial charge is 0.550 e. The lowest BCUT2D eigenvalue weighted by molar-refractivity contribution is -0.813. The maximum atomic E-state index is 10.7. The molecule has 0 aliphatic carbocycles. The van der Waals surface area contributed by atoms with Crippen molar-refractivity contribution in [3.8, 4) is 0 Å². The molecule has 0 aliphatic rings. The van der Waals surface area contributed by atoms with Crippen LogP contribution in [-0.2, 0) is 9.59 Å². The van der Waals surface area contributed by atoms with Crippen molar-refractivity contribution in [2.45, 2.75) is 52.4 Å². The van der Waals surface area contributed by atoms with Gasteiger partial charge in [-0.25, -0.2) is 4.79 Å². The molecule has 0 aromatic rings. The van der Waals surface area contributed by atoms with Gasteiger partial charge in [-0.05, 0) is 12.8 Å². The Morgan fingerprint density at radius 1 is 1.11 bits per heavy atom. The van der Waals surface area contributed by atoms with Crippen LogP contribution in [0.3, 0.4) is 0 Å². The fourth-order valence-electron chi connectivity index (χ4n) is 1.28. The van der Waals surface area contributed by atoms with Gasteiger partial charge >= 0.3 is 5.91 Å². The molecule has 0 fully saturated rings. The molecular weight excluding hydrogens is 246 g/mol. The van der Waals surface area contributed by atoms with Gasteiger partial charge in [0.15, 0.2) is 0 Å². The summed E-state index contributed by atoms with van der Waals surface area (Å²) >= 11 is 0. The van der Waals surface area contributed by atoms with E-state index in [1.807, 2.05) is 0 Å². The summed E-state index contributed by atoms with van der Waals surface area (Å²) in [5.41, 5.74) is 0. The molecule has 0 bridgehead atoms. The number of aliphatic hydroxyl groups excluding tert-OH is 1. The minimum atomic E-state index is -0.920. The Morgan fingerprint density at radius 2 is 1.63 bits per heavy atom. The second kappa shape index (κ2) is 12.1. The number of aliphatic hydroxyl groups is 1. The third kappa shape index (κ3) is 15.0. The Labute approximate surface area is 116 Å². The smallest absolute Gasteiger partial charge is 0.310 e. The van der Waals surface area contributed by atoms with Gasteiger partial charge in [-0.15, -0.1) is 0 Å². The topological polar surface area (TPSA) is 77.4 Å². The van der Waals surface area contributed by atoms with Crippen molar-refractivity contribution in [1.82, 2.24) is 0 Å². The number of carbonyl (C=O) groups excluding carboxylic acids is 2. The average Bonchev–Trinajstić information content (AvgIpc) is 2.29. The van der Waals surface area contributed by atoms with Gasteiger partial charge in [-0.3, -0.25) is 4.48 Å². The average molecular weight is 275 g/mol. The maximum absolute atomic E-state index is 10.7. The van der Waals surface area contributed by atoms with Gasteiger partial charge in [0.25, 0.3) is 0 Å². The number of rotatable bonds is 8. The van der Waals surface area contributed by atoms with Crippen LogP contribution in [0.2, 0.25) is 0 Å². The maximum Gasteiger partial charge on any atom is 0.310 e. The first-order chi connectivity index (χ1) is 8.77. The predicted octanol–water partition coefficient (Wildman–Crippen LogP) is 0.698. The van der Waals surface area contributed by atoms with Crippen molar-refractivity contribution in [3.63, 3.8) is 0 Å². The molecule has 0 aromatic carbocycles. The van der Waals surface area contributed by atoms with Crippen LogP contribution in [0.25, 0.3) is 0 Å². The first-order valence-electron chi connectivity index (χ1n) is 6.92. The number of hydrogen-bond donors (Lipinski definition) is 1. The van der Waals surface area contributed by atoms with Crippen molar-refractivity contribution < 1.29 is 24.3 Å². The van der Waals surface area contributed by atoms with E-state index in [1.165, 1.54) is 19.8 Å². The van der Waals surface area contributed by atoms with Crippen molar-refractivity contribution >= 4 is 11.9 Å². The molecule has 0 aliphatic heterocycles. The summed E-state index contributed by atoms with van der Waals surface area (Å²) in [4.78, 5) is 20.6. The van der Waals surface area contributed by atoms with Crippen LogP contribution in [0.5, 0.6) is 0 Å². The first-order valence-corrected chi connectivity index (χ1v) is 6.92. The molecule has 1 amide bonds. The van der Waals surface area contributed by atoms with E-state index >= 15 is 0 Å². The number of nitrogens with zero attached hydrogens (tertiary/aromatic N) is 1. The number of hydrogen-bond acceptors (Lipinski definition) is 4. The zero-order valence-corrected chi connectivity index (χ0v) is 12.8. The fraction of sp³-hybridized carbons (Fsp3) is 0.857. The van der Waals surface area contributed by atoms with Gasteiger partial charge in [-0.2, -0.15) is 0 Å². The summed E-state index contributed by atoms with van der Waals surface area (Å²) in [6.07, 6.45) is 5.61. The highest BCUT2D eigenvalue weighted by atomic mass is 16.4. The Hall–Kier alpha value is -0.940. The monoisotopic (exact) mass is 275 g/mol. The van der Waals surface area contributed by atoms with Crippen LogP contribution < -0.4 is 5.11 Å². The van der Waals surface area contributed by atoms with Gasteiger partial charge in [0, 0.05) is 5.97 Å². The number of quaternary nitrogens is 1. The van der Waals surface area contributed by atoms with Crippen LogP contribution in [0.4, 0.5) is 0 Å². The van der Waals surface area contributed by atoms with E-state index in [-0.39, 0.29) is 23.4 Å². The zero-order valence-electron chi connectivity index (χ0n) is 12.8. The van der Waals surface area contributed by atoms with Crippen molar-refractivity contribution in [2.24, 2.45) is 0 Å². The SMILES string of the molecule is CC(=O)[N+](C)(C)CCO.CCCCCCCC(=O)[O-]. The number of amides is 1. The quantitative estimate of drug-likeness (QED) is 0.522. The summed E-state index contributed by atoms with van der Waals surface area (Å²) in [6.45, 7) is 4.22. The van der Waals surface area contributed by atoms with E-state index in [9.17, 15) is 14.7 Å². The fourth-order valence-corrected chi connectivity index (χ4v) is 1.28. The molecule has 1 N–H and O–H groups in total. The molecule has 5 heteroatoms. The third-order valence-corrected chi connectivity index (χ3v) is 3.00. The Bertz CT molecular complexity index is 252. The van der Waals surface area contributed by atoms with E-state index in [2.05, 4.69) is 6.92 Å². The van der Waals surface area contributed by atoms with Crippen LogP contribution >= 0.6 is 0 Å². The van der Waals surface area contributed by atoms with Gasteiger partial charge in [0.1, 0.15) is 6.54 Å². The van der Waals surface area contributed by atoms with Gasteiger partial charge in [0.05, 0.1) is 27.6 Å². The summed E-state index contributed by atoms with van der Waals surface area (Å²) in [5.74, 6) is -0.847. The lowest BCUT2D eigenvalue weighted by Crippen LogP contribution is -2.45. The lowest BCUT2D eigenvalue weighted by atomic mass is 10.1. The van der Waals surface area contributed by atoms with Crippen LogP contribution in [-0.4, -0.2) is 48.7 Å². The molecule has 5 nitrogen and oxygen atoms in total. The summed E-state index contributed by atoms with van der Waals surface area (Å²) < 4.78 is 0.260. The number of carbonyl (C=O) groups is 2. The highest BCUT2D eigenvalue weighted by molar-refractivity contribution is 5.65. The molecule has 0 atom stereocenters. The first kappa shape index (κ1) is 20.4. The van der Waals surface area contributed by atoms with E-state index in [4.69, 9.17) is 5.11 Å². The van der Waals surface area contributed by atoms with Crippen LogP contribution in [0.15, 0.2) is 0 Å². The number of carboxylic acid groups (broad SMARTS) is 1. The third-order valence-electron chi connectivity index (χ3n) is 3.00. The highest BCUT2D eigenvalue weighted by Gasteiger charge is 2.19. The minimum Gasteiger partial charge on any atom is -0.550 e. The molecule has 19 heavy (non-hydrogen) atoms. The predicted molar refractivity (Wildman–Crippen MR) is 73.1 cm³/mol. The second-order valence-electron chi connectivity index (χ2n) is 5.19. The summed E-state index contributed by atoms with van der Waals surface area (Å²) in [7, 11) is 3.55. The van der Waals surface area contributed by atoms with Crippen molar-refractivity contribution in [3.05, 3.63) is 0 Å². The Morgan fingerprint density at radius 3 is 1.95 bits per heavy atom. The molecule has 0 spiro atoms. The standard InChI is InChI=1S/C8H16O2.C6H14NO2/c1-2-3-4-5-6-7-8(9)10;1-6(9)7(2,3)4-5-8/h2-7H2,1H3,(H,9,10);8H,4-5H2,1-3H3/q;+1/p-1. The van der Waals surface area contributed by atoms with Crippen LogP contribution in [0, 0.1) is 0 Å². The number of unbranched alkanes of at least 4 members (excludes halogenated alkanes) is 4. The number of carboxylic acids is 1. The molecule has 114 valence electrons. The molecule has 0 radical (unpaired) electrons. The molecular formula is C14H29NO4.